The van der Waals surface area contributed by atoms with Crippen LogP contribution in [0.1, 0.15) is 19.3 Å². The lowest BCUT2D eigenvalue weighted by Gasteiger charge is -2.34. The molecule has 0 radical (unpaired) electrons. The number of hydrogen-bond acceptors (Lipinski definition) is 4. The van der Waals surface area contributed by atoms with Crippen molar-refractivity contribution >= 4 is 23.1 Å². The molecule has 1 saturated carbocycles. The van der Waals surface area contributed by atoms with E-state index in [0.717, 1.165) is 45.6 Å². The molecule has 1 heterocycles. The fourth-order valence-corrected chi connectivity index (χ4v) is 2.36. The Hall–Kier alpha value is -0.720. The van der Waals surface area contributed by atoms with Crippen molar-refractivity contribution in [1.29, 1.82) is 0 Å². The predicted octanol–water partition coefficient (Wildman–Crippen LogP) is -0.441. The maximum absolute atomic E-state index is 11.6. The van der Waals surface area contributed by atoms with Crippen LogP contribution in [-0.4, -0.2) is 66.0 Å². The average Bonchev–Trinajstić information content (AvgIpc) is 3.11. The van der Waals surface area contributed by atoms with E-state index < -0.39 is 0 Å². The highest BCUT2D eigenvalue weighted by molar-refractivity contribution is 7.80. The van der Waals surface area contributed by atoms with Crippen LogP contribution in [0.3, 0.4) is 0 Å². The molecule has 6 heteroatoms. The third-order valence-corrected chi connectivity index (χ3v) is 3.57. The van der Waals surface area contributed by atoms with Gasteiger partial charge in [-0.2, -0.15) is 0 Å². The second kappa shape index (κ2) is 6.45. The van der Waals surface area contributed by atoms with Crippen LogP contribution in [0.2, 0.25) is 0 Å². The monoisotopic (exact) mass is 270 g/mol. The molecule has 102 valence electrons. The van der Waals surface area contributed by atoms with Gasteiger partial charge in [-0.25, -0.2) is 0 Å². The highest BCUT2D eigenvalue weighted by atomic mass is 32.1. The molecule has 1 amide bonds. The lowest BCUT2D eigenvalue weighted by atomic mass is 10.2. The summed E-state index contributed by atoms with van der Waals surface area (Å²) in [6, 6.07) is 0.472. The van der Waals surface area contributed by atoms with Crippen LogP contribution >= 0.6 is 12.2 Å². The summed E-state index contributed by atoms with van der Waals surface area (Å²) in [5.74, 6) is 0.197. The average molecular weight is 270 g/mol. The number of carbonyl (C=O) groups is 1. The van der Waals surface area contributed by atoms with E-state index in [2.05, 4.69) is 15.1 Å². The van der Waals surface area contributed by atoms with Crippen LogP contribution in [0.15, 0.2) is 0 Å². The second-order valence-electron chi connectivity index (χ2n) is 5.18. The van der Waals surface area contributed by atoms with Crippen LogP contribution in [0.4, 0.5) is 0 Å². The van der Waals surface area contributed by atoms with Gasteiger partial charge in [0.05, 0.1) is 4.99 Å². The summed E-state index contributed by atoms with van der Waals surface area (Å²) in [4.78, 5) is 16.7. The molecule has 1 aliphatic carbocycles. The molecule has 0 bridgehead atoms. The van der Waals surface area contributed by atoms with E-state index in [1.54, 1.807) is 0 Å². The molecule has 3 N–H and O–H groups in total. The van der Waals surface area contributed by atoms with Crippen molar-refractivity contribution in [2.45, 2.75) is 25.3 Å². The number of piperazine rings is 1. The molecular weight excluding hydrogens is 248 g/mol. The van der Waals surface area contributed by atoms with E-state index >= 15 is 0 Å². The summed E-state index contributed by atoms with van der Waals surface area (Å²) < 4.78 is 0. The maximum Gasteiger partial charge on any atom is 0.221 e. The highest BCUT2D eigenvalue weighted by Crippen LogP contribution is 2.18. The Morgan fingerprint density at radius 1 is 1.22 bits per heavy atom. The van der Waals surface area contributed by atoms with Crippen molar-refractivity contribution in [2.75, 3.05) is 39.3 Å². The molecule has 0 spiro atoms. The van der Waals surface area contributed by atoms with E-state index in [1.165, 1.54) is 0 Å². The fourth-order valence-electron chi connectivity index (χ4n) is 2.18. The summed E-state index contributed by atoms with van der Waals surface area (Å²) in [6.45, 7) is 5.55. The van der Waals surface area contributed by atoms with Gasteiger partial charge in [0, 0.05) is 51.7 Å². The minimum absolute atomic E-state index is 0.197. The zero-order valence-electron chi connectivity index (χ0n) is 10.7. The van der Waals surface area contributed by atoms with Gasteiger partial charge in [-0.1, -0.05) is 12.2 Å². The molecule has 2 fully saturated rings. The SMILES string of the molecule is NC(=S)CN1CCN(CCC(=O)NC2CC2)CC1. The highest BCUT2D eigenvalue weighted by Gasteiger charge is 2.23. The number of hydrogen-bond donors (Lipinski definition) is 2. The van der Waals surface area contributed by atoms with Gasteiger partial charge in [-0.15, -0.1) is 0 Å². The normalized spacial score (nSPS) is 21.8. The molecular formula is C12H22N4OS. The van der Waals surface area contributed by atoms with Crippen LogP contribution in [0.25, 0.3) is 0 Å². The van der Waals surface area contributed by atoms with Crippen molar-refractivity contribution in [2.24, 2.45) is 5.73 Å². The standard InChI is InChI=1S/C12H22N4OS/c13-11(18)9-16-7-5-15(6-8-16)4-3-12(17)14-10-1-2-10/h10H,1-9H2,(H2,13,18)(H,14,17). The van der Waals surface area contributed by atoms with Gasteiger partial charge in [-0.05, 0) is 12.8 Å². The Balaban J connectivity index is 1.57. The second-order valence-corrected chi connectivity index (χ2v) is 5.70. The van der Waals surface area contributed by atoms with E-state index in [0.29, 0.717) is 24.0 Å². The summed E-state index contributed by atoms with van der Waals surface area (Å²) in [6.07, 6.45) is 2.93. The fraction of sp³-hybridized carbons (Fsp3) is 0.833. The minimum atomic E-state index is 0.197. The Morgan fingerprint density at radius 3 is 2.39 bits per heavy atom. The summed E-state index contributed by atoms with van der Waals surface area (Å²) in [5, 5.41) is 3.02. The molecule has 18 heavy (non-hydrogen) atoms. The van der Waals surface area contributed by atoms with E-state index in [9.17, 15) is 4.79 Å². The van der Waals surface area contributed by atoms with Crippen LogP contribution in [0, 0.1) is 0 Å². The van der Waals surface area contributed by atoms with Gasteiger partial charge < -0.3 is 16.0 Å². The van der Waals surface area contributed by atoms with Crippen molar-refractivity contribution in [1.82, 2.24) is 15.1 Å². The topological polar surface area (TPSA) is 61.6 Å². The molecule has 2 aliphatic rings. The molecule has 5 nitrogen and oxygen atoms in total. The number of carbonyl (C=O) groups excluding carboxylic acids is 1. The largest absolute Gasteiger partial charge is 0.392 e. The zero-order valence-corrected chi connectivity index (χ0v) is 11.5. The number of rotatable bonds is 6. The van der Waals surface area contributed by atoms with E-state index in [-0.39, 0.29) is 5.91 Å². The Kier molecular flexibility index (Phi) is 4.91. The Bertz CT molecular complexity index is 311. The molecule has 0 aromatic heterocycles. The first kappa shape index (κ1) is 13.7. The van der Waals surface area contributed by atoms with Crippen molar-refractivity contribution in [3.05, 3.63) is 0 Å². The number of nitrogens with one attached hydrogen (secondary N) is 1. The van der Waals surface area contributed by atoms with Gasteiger partial charge in [0.1, 0.15) is 0 Å². The van der Waals surface area contributed by atoms with Crippen LogP contribution in [0.5, 0.6) is 0 Å². The molecule has 0 aromatic carbocycles. The van der Waals surface area contributed by atoms with Crippen molar-refractivity contribution in [3.63, 3.8) is 0 Å². The first-order valence-corrected chi connectivity index (χ1v) is 7.06. The van der Waals surface area contributed by atoms with E-state index in [4.69, 9.17) is 18.0 Å². The van der Waals surface area contributed by atoms with Gasteiger partial charge in [-0.3, -0.25) is 9.69 Å². The number of amides is 1. The summed E-state index contributed by atoms with van der Waals surface area (Å²) in [5.41, 5.74) is 5.53. The third kappa shape index (κ3) is 4.88. The molecule has 0 atom stereocenters. The van der Waals surface area contributed by atoms with Crippen molar-refractivity contribution < 1.29 is 4.79 Å². The first-order valence-electron chi connectivity index (χ1n) is 6.66. The molecule has 0 aromatic rings. The number of nitrogens with two attached hydrogens (primary N) is 1. The number of nitrogens with zero attached hydrogens (tertiary/aromatic N) is 2. The minimum Gasteiger partial charge on any atom is -0.392 e. The van der Waals surface area contributed by atoms with Crippen LogP contribution < -0.4 is 11.1 Å². The third-order valence-electron chi connectivity index (χ3n) is 3.44. The Morgan fingerprint density at radius 2 is 1.83 bits per heavy atom. The maximum atomic E-state index is 11.6. The molecule has 2 rings (SSSR count). The molecule has 0 unspecified atom stereocenters. The van der Waals surface area contributed by atoms with E-state index in [1.807, 2.05) is 0 Å². The van der Waals surface area contributed by atoms with Crippen molar-refractivity contribution in [3.8, 4) is 0 Å². The van der Waals surface area contributed by atoms with Gasteiger partial charge in [0.15, 0.2) is 0 Å². The quantitative estimate of drug-likeness (QED) is 0.641. The van der Waals surface area contributed by atoms with Gasteiger partial charge in [0.25, 0.3) is 0 Å². The predicted molar refractivity (Wildman–Crippen MR) is 75.4 cm³/mol. The zero-order chi connectivity index (χ0) is 13.0. The number of thiocarbonyl (C=S) groups is 1. The summed E-state index contributed by atoms with van der Waals surface area (Å²) >= 11 is 4.91. The Labute approximate surface area is 114 Å². The first-order chi connectivity index (χ1) is 8.63. The summed E-state index contributed by atoms with van der Waals surface area (Å²) in [7, 11) is 0. The lowest BCUT2D eigenvalue weighted by Crippen LogP contribution is -2.49. The van der Waals surface area contributed by atoms with Gasteiger partial charge in [0.2, 0.25) is 5.91 Å². The van der Waals surface area contributed by atoms with Gasteiger partial charge >= 0.3 is 0 Å². The molecule has 1 saturated heterocycles. The van der Waals surface area contributed by atoms with Crippen LogP contribution in [-0.2, 0) is 4.79 Å². The lowest BCUT2D eigenvalue weighted by molar-refractivity contribution is -0.121. The smallest absolute Gasteiger partial charge is 0.221 e. The molecule has 1 aliphatic heterocycles.